The van der Waals surface area contributed by atoms with Gasteiger partial charge in [0.1, 0.15) is 5.82 Å². The molecule has 2 rings (SSSR count). The number of nitrogens with one attached hydrogen (secondary N) is 1. The summed E-state index contributed by atoms with van der Waals surface area (Å²) in [5, 5.41) is 9.12. The molecule has 0 heterocycles. The number of anilines is 1. The fourth-order valence-electron chi connectivity index (χ4n) is 2.01. The summed E-state index contributed by atoms with van der Waals surface area (Å²) >= 11 is 0. The number of rotatable bonds is 4. The Bertz CT molecular complexity index is 560. The zero-order valence-corrected chi connectivity index (χ0v) is 11.4. The number of benzene rings is 1. The van der Waals surface area contributed by atoms with E-state index >= 15 is 0 Å². The molecule has 0 radical (unpaired) electrons. The lowest BCUT2D eigenvalue weighted by atomic mass is 9.83. The van der Waals surface area contributed by atoms with E-state index in [0.717, 1.165) is 6.07 Å². The second-order valence-corrected chi connectivity index (χ2v) is 6.73. The largest absolute Gasteiger partial charge is 0.398 e. The van der Waals surface area contributed by atoms with Gasteiger partial charge in [-0.3, -0.25) is 0 Å². The number of aliphatic hydroxyl groups excluding tert-OH is 1. The molecule has 0 aromatic heterocycles. The predicted octanol–water partition coefficient (Wildman–Crippen LogP) is 0.766. The average molecular weight is 288 g/mol. The third-order valence-electron chi connectivity index (χ3n) is 3.44. The van der Waals surface area contributed by atoms with Crippen molar-refractivity contribution in [3.8, 4) is 0 Å². The molecule has 19 heavy (non-hydrogen) atoms. The van der Waals surface area contributed by atoms with Crippen LogP contribution < -0.4 is 10.5 Å². The van der Waals surface area contributed by atoms with Crippen LogP contribution in [0.3, 0.4) is 0 Å². The molecule has 0 atom stereocenters. The average Bonchev–Trinajstić information content (AvgIpc) is 2.29. The molecule has 106 valence electrons. The SMILES string of the molecule is Cc1c(N)cc(S(=O)(=O)NCC2CC(O)C2)cc1F. The van der Waals surface area contributed by atoms with Crippen LogP contribution in [-0.4, -0.2) is 26.2 Å². The van der Waals surface area contributed by atoms with E-state index in [2.05, 4.69) is 4.72 Å². The fourth-order valence-corrected chi connectivity index (χ4v) is 3.17. The molecule has 1 aliphatic carbocycles. The third-order valence-corrected chi connectivity index (χ3v) is 4.84. The maximum atomic E-state index is 13.5. The summed E-state index contributed by atoms with van der Waals surface area (Å²) in [5.74, 6) is -0.503. The Morgan fingerprint density at radius 2 is 2.11 bits per heavy atom. The molecule has 1 aromatic rings. The van der Waals surface area contributed by atoms with Crippen LogP contribution in [0.25, 0.3) is 0 Å². The van der Waals surface area contributed by atoms with Crippen molar-refractivity contribution in [1.82, 2.24) is 4.72 Å². The normalized spacial score (nSPS) is 23.1. The molecule has 5 nitrogen and oxygen atoms in total. The van der Waals surface area contributed by atoms with Crippen molar-refractivity contribution in [2.75, 3.05) is 12.3 Å². The first-order valence-corrected chi connectivity index (χ1v) is 7.51. The quantitative estimate of drug-likeness (QED) is 0.713. The number of hydrogen-bond donors (Lipinski definition) is 3. The van der Waals surface area contributed by atoms with Crippen LogP contribution in [0.1, 0.15) is 18.4 Å². The molecule has 0 spiro atoms. The zero-order valence-electron chi connectivity index (χ0n) is 10.6. The summed E-state index contributed by atoms with van der Waals surface area (Å²) in [6.45, 7) is 1.74. The predicted molar refractivity (Wildman–Crippen MR) is 69.5 cm³/mol. The van der Waals surface area contributed by atoms with Crippen molar-refractivity contribution in [2.45, 2.75) is 30.8 Å². The minimum atomic E-state index is -3.76. The van der Waals surface area contributed by atoms with Gasteiger partial charge in [-0.2, -0.15) is 0 Å². The third kappa shape index (κ3) is 3.05. The Morgan fingerprint density at radius 1 is 1.47 bits per heavy atom. The van der Waals surface area contributed by atoms with Crippen LogP contribution >= 0.6 is 0 Å². The highest BCUT2D eigenvalue weighted by molar-refractivity contribution is 7.89. The first-order valence-electron chi connectivity index (χ1n) is 6.03. The summed E-state index contributed by atoms with van der Waals surface area (Å²) in [6, 6.07) is 2.21. The topological polar surface area (TPSA) is 92.4 Å². The number of halogens is 1. The number of nitrogens with two attached hydrogens (primary N) is 1. The van der Waals surface area contributed by atoms with Crippen molar-refractivity contribution >= 4 is 15.7 Å². The Labute approximate surface area is 111 Å². The van der Waals surface area contributed by atoms with Gasteiger partial charge in [-0.05, 0) is 37.8 Å². The van der Waals surface area contributed by atoms with Gasteiger partial charge in [0.2, 0.25) is 10.0 Å². The lowest BCUT2D eigenvalue weighted by molar-refractivity contribution is 0.0453. The molecule has 1 fully saturated rings. The molecule has 0 aliphatic heterocycles. The van der Waals surface area contributed by atoms with Crippen molar-refractivity contribution in [3.05, 3.63) is 23.5 Å². The van der Waals surface area contributed by atoms with E-state index in [9.17, 15) is 12.8 Å². The number of sulfonamides is 1. The van der Waals surface area contributed by atoms with E-state index < -0.39 is 15.8 Å². The molecular weight excluding hydrogens is 271 g/mol. The van der Waals surface area contributed by atoms with E-state index in [1.807, 2.05) is 0 Å². The highest BCUT2D eigenvalue weighted by Gasteiger charge is 2.28. The number of aliphatic hydroxyl groups is 1. The van der Waals surface area contributed by atoms with E-state index in [1.54, 1.807) is 0 Å². The molecule has 1 aromatic carbocycles. The van der Waals surface area contributed by atoms with Crippen LogP contribution in [0, 0.1) is 18.7 Å². The molecule has 1 saturated carbocycles. The number of nitrogen functional groups attached to an aromatic ring is 1. The van der Waals surface area contributed by atoms with Crippen molar-refractivity contribution < 1.29 is 17.9 Å². The monoisotopic (exact) mass is 288 g/mol. The Balaban J connectivity index is 2.11. The lowest BCUT2D eigenvalue weighted by Crippen LogP contribution is -2.38. The lowest BCUT2D eigenvalue weighted by Gasteiger charge is -2.31. The Hall–Kier alpha value is -1.18. The summed E-state index contributed by atoms with van der Waals surface area (Å²) in [7, 11) is -3.76. The Morgan fingerprint density at radius 3 is 2.63 bits per heavy atom. The van der Waals surface area contributed by atoms with Gasteiger partial charge in [-0.1, -0.05) is 0 Å². The molecule has 4 N–H and O–H groups in total. The summed E-state index contributed by atoms with van der Waals surface area (Å²) < 4.78 is 39.9. The van der Waals surface area contributed by atoms with E-state index in [0.29, 0.717) is 12.8 Å². The molecule has 7 heteroatoms. The highest BCUT2D eigenvalue weighted by atomic mass is 32.2. The van der Waals surface area contributed by atoms with Gasteiger partial charge in [0.25, 0.3) is 0 Å². The van der Waals surface area contributed by atoms with Gasteiger partial charge < -0.3 is 10.8 Å². The molecule has 0 unspecified atom stereocenters. The molecule has 0 bridgehead atoms. The second-order valence-electron chi connectivity index (χ2n) is 4.96. The molecule has 1 aliphatic rings. The van der Waals surface area contributed by atoms with E-state index in [1.165, 1.54) is 13.0 Å². The molecule has 0 amide bonds. The number of hydrogen-bond acceptors (Lipinski definition) is 4. The van der Waals surface area contributed by atoms with E-state index in [-0.39, 0.29) is 34.7 Å². The van der Waals surface area contributed by atoms with Crippen molar-refractivity contribution in [2.24, 2.45) is 5.92 Å². The van der Waals surface area contributed by atoms with Crippen molar-refractivity contribution in [3.63, 3.8) is 0 Å². The van der Waals surface area contributed by atoms with Crippen LogP contribution in [-0.2, 0) is 10.0 Å². The first kappa shape index (κ1) is 14.2. The van der Waals surface area contributed by atoms with Gasteiger partial charge in [0.15, 0.2) is 0 Å². The molecule has 0 saturated heterocycles. The van der Waals surface area contributed by atoms with Crippen LogP contribution in [0.15, 0.2) is 17.0 Å². The first-order chi connectivity index (χ1) is 8.79. The minimum Gasteiger partial charge on any atom is -0.398 e. The molecular formula is C12H17FN2O3S. The fraction of sp³-hybridized carbons (Fsp3) is 0.500. The minimum absolute atomic E-state index is 0.111. The summed E-state index contributed by atoms with van der Waals surface area (Å²) in [4.78, 5) is -0.173. The van der Waals surface area contributed by atoms with Gasteiger partial charge >= 0.3 is 0 Å². The van der Waals surface area contributed by atoms with Crippen LogP contribution in [0.4, 0.5) is 10.1 Å². The van der Waals surface area contributed by atoms with Gasteiger partial charge in [0, 0.05) is 17.8 Å². The second kappa shape index (κ2) is 5.07. The van der Waals surface area contributed by atoms with Gasteiger partial charge in [0.05, 0.1) is 11.0 Å². The van der Waals surface area contributed by atoms with Gasteiger partial charge in [-0.15, -0.1) is 0 Å². The zero-order chi connectivity index (χ0) is 14.2. The summed E-state index contributed by atoms with van der Waals surface area (Å²) in [6.07, 6.45) is 0.849. The van der Waals surface area contributed by atoms with Crippen LogP contribution in [0.5, 0.6) is 0 Å². The highest BCUT2D eigenvalue weighted by Crippen LogP contribution is 2.27. The Kier molecular flexibility index (Phi) is 3.80. The van der Waals surface area contributed by atoms with E-state index in [4.69, 9.17) is 10.8 Å². The smallest absolute Gasteiger partial charge is 0.240 e. The summed E-state index contributed by atoms with van der Waals surface area (Å²) in [5.41, 5.74) is 5.91. The van der Waals surface area contributed by atoms with Crippen LogP contribution in [0.2, 0.25) is 0 Å². The van der Waals surface area contributed by atoms with Gasteiger partial charge in [-0.25, -0.2) is 17.5 Å². The standard InChI is InChI=1S/C12H17FN2O3S/c1-7-11(13)4-10(5-12(7)14)19(17,18)15-6-8-2-9(16)3-8/h4-5,8-9,15-16H,2-3,6,14H2,1H3. The van der Waals surface area contributed by atoms with Crippen molar-refractivity contribution in [1.29, 1.82) is 0 Å². The maximum absolute atomic E-state index is 13.5. The maximum Gasteiger partial charge on any atom is 0.240 e.